The zero-order chi connectivity index (χ0) is 13.0. The Morgan fingerprint density at radius 3 is 2.28 bits per heavy atom. The SMILES string of the molecule is Nc1cc(CC2CCCCCCC2)c(N)c(N)n1. The zero-order valence-electron chi connectivity index (χ0n) is 11.0. The highest BCUT2D eigenvalue weighted by atomic mass is 14.9. The molecule has 6 N–H and O–H groups in total. The topological polar surface area (TPSA) is 91.0 Å². The molecule has 0 spiro atoms. The van der Waals surface area contributed by atoms with Crippen LogP contribution < -0.4 is 17.2 Å². The van der Waals surface area contributed by atoms with Crippen LogP contribution in [0, 0.1) is 5.92 Å². The van der Waals surface area contributed by atoms with Crippen LogP contribution >= 0.6 is 0 Å². The molecular weight excluding hydrogens is 224 g/mol. The van der Waals surface area contributed by atoms with Crippen molar-refractivity contribution in [2.75, 3.05) is 17.2 Å². The fourth-order valence-corrected chi connectivity index (χ4v) is 2.88. The summed E-state index contributed by atoms with van der Waals surface area (Å²) >= 11 is 0. The third-order valence-corrected chi connectivity index (χ3v) is 3.93. The number of nitrogens with two attached hydrogens (primary N) is 3. The van der Waals surface area contributed by atoms with Gasteiger partial charge >= 0.3 is 0 Å². The molecule has 1 aromatic heterocycles. The summed E-state index contributed by atoms with van der Waals surface area (Å²) in [4.78, 5) is 3.99. The summed E-state index contributed by atoms with van der Waals surface area (Å²) < 4.78 is 0. The first kappa shape index (κ1) is 13.0. The average Bonchev–Trinajstić information content (AvgIpc) is 2.28. The van der Waals surface area contributed by atoms with Crippen LogP contribution in [0.5, 0.6) is 0 Å². The third kappa shape index (κ3) is 3.28. The number of rotatable bonds is 2. The lowest BCUT2D eigenvalue weighted by molar-refractivity contribution is 0.377. The molecule has 1 heterocycles. The van der Waals surface area contributed by atoms with Crippen LogP contribution in [0.15, 0.2) is 6.07 Å². The van der Waals surface area contributed by atoms with Crippen molar-refractivity contribution in [2.45, 2.75) is 51.4 Å². The molecule has 0 radical (unpaired) electrons. The van der Waals surface area contributed by atoms with Gasteiger partial charge in [0.25, 0.3) is 0 Å². The van der Waals surface area contributed by atoms with Crippen molar-refractivity contribution < 1.29 is 0 Å². The van der Waals surface area contributed by atoms with Gasteiger partial charge in [-0.25, -0.2) is 4.98 Å². The van der Waals surface area contributed by atoms with Crippen molar-refractivity contribution in [1.82, 2.24) is 4.98 Å². The Bertz CT molecular complexity index is 395. The summed E-state index contributed by atoms with van der Waals surface area (Å²) in [5.41, 5.74) is 19.2. The Hall–Kier alpha value is -1.45. The Balaban J connectivity index is 2.07. The van der Waals surface area contributed by atoms with Crippen molar-refractivity contribution in [3.8, 4) is 0 Å². The van der Waals surface area contributed by atoms with Gasteiger partial charge in [-0.15, -0.1) is 0 Å². The maximum Gasteiger partial charge on any atom is 0.149 e. The monoisotopic (exact) mass is 248 g/mol. The second-order valence-corrected chi connectivity index (χ2v) is 5.42. The minimum absolute atomic E-state index is 0.371. The van der Waals surface area contributed by atoms with Gasteiger partial charge in [0.05, 0.1) is 5.69 Å². The smallest absolute Gasteiger partial charge is 0.149 e. The molecule has 100 valence electrons. The molecule has 1 fully saturated rings. The molecule has 0 aliphatic heterocycles. The van der Waals surface area contributed by atoms with Crippen molar-refractivity contribution in [3.05, 3.63) is 11.6 Å². The van der Waals surface area contributed by atoms with Crippen LogP contribution in [0.25, 0.3) is 0 Å². The summed E-state index contributed by atoms with van der Waals surface area (Å²) in [5.74, 6) is 1.56. The fraction of sp³-hybridized carbons (Fsp3) is 0.643. The van der Waals surface area contributed by atoms with E-state index in [0.717, 1.165) is 12.0 Å². The second kappa shape index (κ2) is 5.94. The second-order valence-electron chi connectivity index (χ2n) is 5.42. The van der Waals surface area contributed by atoms with Crippen LogP contribution in [0.3, 0.4) is 0 Å². The molecule has 18 heavy (non-hydrogen) atoms. The van der Waals surface area contributed by atoms with E-state index >= 15 is 0 Å². The van der Waals surface area contributed by atoms with Gasteiger partial charge in [-0.2, -0.15) is 0 Å². The molecule has 0 bridgehead atoms. The van der Waals surface area contributed by atoms with E-state index in [1.54, 1.807) is 0 Å². The van der Waals surface area contributed by atoms with Crippen LogP contribution in [0.4, 0.5) is 17.3 Å². The molecule has 4 nitrogen and oxygen atoms in total. The Morgan fingerprint density at radius 2 is 1.61 bits per heavy atom. The first-order valence-corrected chi connectivity index (χ1v) is 6.97. The van der Waals surface area contributed by atoms with E-state index in [4.69, 9.17) is 17.2 Å². The van der Waals surface area contributed by atoms with Gasteiger partial charge in [0.2, 0.25) is 0 Å². The van der Waals surface area contributed by atoms with E-state index in [0.29, 0.717) is 23.2 Å². The highest BCUT2D eigenvalue weighted by molar-refractivity contribution is 5.66. The molecule has 1 saturated carbocycles. The normalized spacial score (nSPS) is 18.2. The number of nitrogen functional groups attached to an aromatic ring is 3. The Morgan fingerprint density at radius 1 is 1.00 bits per heavy atom. The van der Waals surface area contributed by atoms with E-state index in [1.165, 1.54) is 44.9 Å². The molecule has 0 unspecified atom stereocenters. The standard InChI is InChI=1S/C14H24N4/c15-12-9-11(13(16)14(17)18-12)8-10-6-4-2-1-3-5-7-10/h9-10H,1-8,16H2,(H4,15,17,18). The van der Waals surface area contributed by atoms with Gasteiger partial charge in [-0.1, -0.05) is 44.9 Å². The van der Waals surface area contributed by atoms with Gasteiger partial charge in [-0.3, -0.25) is 0 Å². The van der Waals surface area contributed by atoms with Crippen LogP contribution in [-0.2, 0) is 6.42 Å². The third-order valence-electron chi connectivity index (χ3n) is 3.93. The summed E-state index contributed by atoms with van der Waals surface area (Å²) in [5, 5.41) is 0. The summed E-state index contributed by atoms with van der Waals surface area (Å²) in [7, 11) is 0. The Labute approximate surface area is 109 Å². The molecular formula is C14H24N4. The van der Waals surface area contributed by atoms with Crippen molar-refractivity contribution in [2.24, 2.45) is 5.92 Å². The van der Waals surface area contributed by atoms with Gasteiger partial charge in [0.15, 0.2) is 0 Å². The molecule has 1 aliphatic rings. The summed E-state index contributed by atoms with van der Waals surface area (Å²) in [6, 6.07) is 1.88. The maximum atomic E-state index is 6.00. The Kier molecular flexibility index (Phi) is 4.28. The first-order chi connectivity index (χ1) is 8.66. The van der Waals surface area contributed by atoms with Crippen LogP contribution in [0.2, 0.25) is 0 Å². The van der Waals surface area contributed by atoms with Crippen molar-refractivity contribution in [1.29, 1.82) is 0 Å². The van der Waals surface area contributed by atoms with E-state index in [2.05, 4.69) is 4.98 Å². The highest BCUT2D eigenvalue weighted by Gasteiger charge is 2.15. The number of pyridine rings is 1. The quantitative estimate of drug-likeness (QED) is 0.750. The minimum atomic E-state index is 0.371. The molecule has 0 aromatic carbocycles. The predicted octanol–water partition coefficient (Wildman–Crippen LogP) is 2.73. The molecule has 0 saturated heterocycles. The van der Waals surface area contributed by atoms with E-state index < -0.39 is 0 Å². The molecule has 1 aromatic rings. The molecule has 0 atom stereocenters. The van der Waals surface area contributed by atoms with E-state index in [-0.39, 0.29) is 0 Å². The fourth-order valence-electron chi connectivity index (χ4n) is 2.88. The van der Waals surface area contributed by atoms with Crippen molar-refractivity contribution >= 4 is 17.3 Å². The lowest BCUT2D eigenvalue weighted by Crippen LogP contribution is -2.11. The largest absolute Gasteiger partial charge is 0.396 e. The van der Waals surface area contributed by atoms with Gasteiger partial charge in [0, 0.05) is 0 Å². The van der Waals surface area contributed by atoms with E-state index in [1.807, 2.05) is 6.07 Å². The van der Waals surface area contributed by atoms with Gasteiger partial charge in [0.1, 0.15) is 11.6 Å². The summed E-state index contributed by atoms with van der Waals surface area (Å²) in [6.07, 6.45) is 10.4. The van der Waals surface area contributed by atoms with Crippen LogP contribution in [-0.4, -0.2) is 4.98 Å². The maximum absolute atomic E-state index is 6.00. The number of aromatic nitrogens is 1. The number of nitrogens with zero attached hydrogens (tertiary/aromatic N) is 1. The lowest BCUT2D eigenvalue weighted by atomic mass is 9.86. The van der Waals surface area contributed by atoms with Gasteiger partial charge < -0.3 is 17.2 Å². The van der Waals surface area contributed by atoms with Crippen molar-refractivity contribution in [3.63, 3.8) is 0 Å². The minimum Gasteiger partial charge on any atom is -0.396 e. The molecule has 4 heteroatoms. The summed E-state index contributed by atoms with van der Waals surface area (Å²) in [6.45, 7) is 0. The van der Waals surface area contributed by atoms with Crippen LogP contribution in [0.1, 0.15) is 50.5 Å². The highest BCUT2D eigenvalue weighted by Crippen LogP contribution is 2.29. The number of anilines is 3. The molecule has 1 aliphatic carbocycles. The predicted molar refractivity (Wildman–Crippen MR) is 77.0 cm³/mol. The first-order valence-electron chi connectivity index (χ1n) is 6.97. The number of hydrogen-bond acceptors (Lipinski definition) is 4. The number of hydrogen-bond donors (Lipinski definition) is 3. The average molecular weight is 248 g/mol. The van der Waals surface area contributed by atoms with E-state index in [9.17, 15) is 0 Å². The molecule has 0 amide bonds. The molecule has 2 rings (SSSR count). The lowest BCUT2D eigenvalue weighted by Gasteiger charge is -2.20. The zero-order valence-corrected chi connectivity index (χ0v) is 11.0. The van der Waals surface area contributed by atoms with Gasteiger partial charge in [-0.05, 0) is 24.0 Å².